The molecule has 30 heavy (non-hydrogen) atoms. The van der Waals surface area contributed by atoms with Gasteiger partial charge in [0.2, 0.25) is 0 Å². The molecular formula is C21H23N5O4. The Bertz CT molecular complexity index is 1070. The lowest BCUT2D eigenvalue weighted by Crippen LogP contribution is -2.22. The van der Waals surface area contributed by atoms with Crippen LogP contribution in [0.3, 0.4) is 0 Å². The van der Waals surface area contributed by atoms with Crippen molar-refractivity contribution < 1.29 is 19.0 Å². The minimum absolute atomic E-state index is 0.0719. The molecule has 1 aliphatic heterocycles. The lowest BCUT2D eigenvalue weighted by molar-refractivity contribution is 0.0996. The van der Waals surface area contributed by atoms with E-state index >= 15 is 0 Å². The molecule has 0 spiro atoms. The van der Waals surface area contributed by atoms with Crippen LogP contribution in [0.5, 0.6) is 11.6 Å². The molecule has 1 amide bonds. The molecular weight excluding hydrogens is 386 g/mol. The highest BCUT2D eigenvalue weighted by Gasteiger charge is 2.31. The summed E-state index contributed by atoms with van der Waals surface area (Å²) < 4.78 is 17.8. The maximum atomic E-state index is 12.8. The number of methoxy groups -OCH3 is 2. The molecule has 0 bridgehead atoms. The third-order valence-corrected chi connectivity index (χ3v) is 4.87. The van der Waals surface area contributed by atoms with Crippen molar-refractivity contribution in [3.63, 3.8) is 0 Å². The van der Waals surface area contributed by atoms with Crippen LogP contribution in [-0.2, 0) is 17.8 Å². The number of carbonyl (C=O) groups is 1. The first-order valence-electron chi connectivity index (χ1n) is 9.65. The fraction of sp³-hybridized carbons (Fsp3) is 0.333. The smallest absolute Gasteiger partial charge is 0.260 e. The predicted molar refractivity (Wildman–Crippen MR) is 110 cm³/mol. The molecule has 0 aliphatic carbocycles. The number of aryl methyl sites for hydroxylation is 1. The van der Waals surface area contributed by atoms with E-state index in [2.05, 4.69) is 10.1 Å². The van der Waals surface area contributed by atoms with Crippen molar-refractivity contribution in [1.29, 1.82) is 0 Å². The van der Waals surface area contributed by atoms with E-state index in [1.807, 2.05) is 25.3 Å². The zero-order valence-electron chi connectivity index (χ0n) is 17.2. The fourth-order valence-electron chi connectivity index (χ4n) is 3.27. The predicted octanol–water partition coefficient (Wildman–Crippen LogP) is 2.55. The number of anilines is 1. The molecule has 0 N–H and O–H groups in total. The minimum atomic E-state index is -0.0719. The van der Waals surface area contributed by atoms with E-state index < -0.39 is 0 Å². The molecule has 9 nitrogen and oxygen atoms in total. The average Bonchev–Trinajstić information content (AvgIpc) is 3.38. The Balaban J connectivity index is 1.58. The van der Waals surface area contributed by atoms with Crippen LogP contribution in [0.15, 0.2) is 36.8 Å². The van der Waals surface area contributed by atoms with Crippen LogP contribution in [0, 0.1) is 0 Å². The first kappa shape index (κ1) is 19.8. The molecule has 3 aromatic rings. The number of fused-ring (bicyclic) bond motifs is 1. The Labute approximate surface area is 174 Å². The second kappa shape index (κ2) is 8.50. The van der Waals surface area contributed by atoms with E-state index in [9.17, 15) is 4.79 Å². The van der Waals surface area contributed by atoms with Gasteiger partial charge < -0.3 is 14.2 Å². The molecule has 0 atom stereocenters. The third-order valence-electron chi connectivity index (χ3n) is 4.87. The van der Waals surface area contributed by atoms with Gasteiger partial charge in [0.05, 0.1) is 49.1 Å². The maximum absolute atomic E-state index is 12.8. The average molecular weight is 409 g/mol. The second-order valence-electron chi connectivity index (χ2n) is 6.71. The summed E-state index contributed by atoms with van der Waals surface area (Å²) in [4.78, 5) is 23.6. The largest absolute Gasteiger partial charge is 0.491 e. The summed E-state index contributed by atoms with van der Waals surface area (Å²) in [6, 6.07) is 5.45. The lowest BCUT2D eigenvalue weighted by atomic mass is 10.1. The van der Waals surface area contributed by atoms with Crippen LogP contribution in [0.2, 0.25) is 0 Å². The Morgan fingerprint density at radius 2 is 2.03 bits per heavy atom. The van der Waals surface area contributed by atoms with Gasteiger partial charge in [0, 0.05) is 31.6 Å². The molecule has 156 valence electrons. The molecule has 0 fully saturated rings. The van der Waals surface area contributed by atoms with Gasteiger partial charge in [0.25, 0.3) is 11.8 Å². The number of amides is 1. The number of nitrogens with zero attached hydrogens (tertiary/aromatic N) is 5. The van der Waals surface area contributed by atoms with Crippen molar-refractivity contribution >= 4 is 11.6 Å². The van der Waals surface area contributed by atoms with Crippen molar-refractivity contribution in [3.8, 4) is 22.9 Å². The summed E-state index contributed by atoms with van der Waals surface area (Å²) in [7, 11) is 3.17. The highest BCUT2D eigenvalue weighted by Crippen LogP contribution is 2.32. The molecule has 4 rings (SSSR count). The van der Waals surface area contributed by atoms with Crippen LogP contribution in [-0.4, -0.2) is 53.1 Å². The molecule has 0 aromatic carbocycles. The van der Waals surface area contributed by atoms with Gasteiger partial charge >= 0.3 is 0 Å². The van der Waals surface area contributed by atoms with Gasteiger partial charge in [-0.3, -0.25) is 19.4 Å². The van der Waals surface area contributed by atoms with E-state index in [-0.39, 0.29) is 5.91 Å². The van der Waals surface area contributed by atoms with Gasteiger partial charge in [0.1, 0.15) is 6.61 Å². The fourth-order valence-corrected chi connectivity index (χ4v) is 3.27. The number of aromatic nitrogens is 4. The minimum Gasteiger partial charge on any atom is -0.491 e. The Morgan fingerprint density at radius 3 is 2.77 bits per heavy atom. The molecule has 9 heteroatoms. The van der Waals surface area contributed by atoms with Crippen molar-refractivity contribution in [2.75, 3.05) is 32.3 Å². The molecule has 0 radical (unpaired) electrons. The molecule has 3 aromatic heterocycles. The van der Waals surface area contributed by atoms with Crippen LogP contribution < -0.4 is 14.4 Å². The zero-order valence-corrected chi connectivity index (χ0v) is 17.2. The van der Waals surface area contributed by atoms with Gasteiger partial charge in [0.15, 0.2) is 5.75 Å². The Hall–Kier alpha value is -3.46. The zero-order chi connectivity index (χ0) is 21.1. The number of carbonyl (C=O) groups excluding carboxylic acids is 1. The van der Waals surface area contributed by atoms with Crippen molar-refractivity contribution in [2.24, 2.45) is 0 Å². The van der Waals surface area contributed by atoms with Crippen molar-refractivity contribution in [1.82, 2.24) is 19.7 Å². The van der Waals surface area contributed by atoms with Crippen LogP contribution in [0.25, 0.3) is 11.3 Å². The summed E-state index contributed by atoms with van der Waals surface area (Å²) in [5.41, 5.74) is 3.58. The topological polar surface area (TPSA) is 91.6 Å². The molecule has 1 aliphatic rings. The third kappa shape index (κ3) is 3.71. The van der Waals surface area contributed by atoms with Gasteiger partial charge in [-0.05, 0) is 25.1 Å². The first-order valence-corrected chi connectivity index (χ1v) is 9.65. The number of ether oxygens (including phenoxy) is 3. The normalized spacial score (nSPS) is 12.9. The molecule has 0 saturated carbocycles. The summed E-state index contributed by atoms with van der Waals surface area (Å²) in [6.07, 6.45) is 5.24. The summed E-state index contributed by atoms with van der Waals surface area (Å²) >= 11 is 0. The quantitative estimate of drug-likeness (QED) is 0.528. The standard InChI is InChI=1S/C21H23N5O4/c1-4-25-12-15(11-23-25)26-13-18-16(21(26)27)5-6-17(24-18)14-9-19(29-3)20(22-10-14)30-8-7-28-2/h5-6,9-12H,4,7-8,13H2,1-3H3. The van der Waals surface area contributed by atoms with Crippen LogP contribution >= 0.6 is 0 Å². The van der Waals surface area contributed by atoms with E-state index in [1.165, 1.54) is 0 Å². The summed E-state index contributed by atoms with van der Waals surface area (Å²) in [5, 5.41) is 4.26. The highest BCUT2D eigenvalue weighted by molar-refractivity contribution is 6.09. The number of hydrogen-bond donors (Lipinski definition) is 0. The van der Waals surface area contributed by atoms with E-state index in [4.69, 9.17) is 19.2 Å². The van der Waals surface area contributed by atoms with Crippen molar-refractivity contribution in [3.05, 3.63) is 48.0 Å². The molecule has 0 unspecified atom stereocenters. The van der Waals surface area contributed by atoms with Gasteiger partial charge in [-0.25, -0.2) is 4.98 Å². The molecule has 0 saturated heterocycles. The summed E-state index contributed by atoms with van der Waals surface area (Å²) in [6.45, 7) is 3.99. The maximum Gasteiger partial charge on any atom is 0.260 e. The van der Waals surface area contributed by atoms with Crippen molar-refractivity contribution in [2.45, 2.75) is 20.0 Å². The SMILES string of the molecule is CCn1cc(N2Cc3nc(-c4cnc(OCCOC)c(OC)c4)ccc3C2=O)cn1. The van der Waals surface area contributed by atoms with Gasteiger partial charge in [-0.2, -0.15) is 5.10 Å². The van der Waals surface area contributed by atoms with E-state index in [0.29, 0.717) is 42.6 Å². The van der Waals surface area contributed by atoms with E-state index in [1.54, 1.807) is 42.3 Å². The van der Waals surface area contributed by atoms with Gasteiger partial charge in [-0.1, -0.05) is 0 Å². The van der Waals surface area contributed by atoms with E-state index in [0.717, 1.165) is 23.5 Å². The second-order valence-corrected chi connectivity index (χ2v) is 6.71. The number of pyridine rings is 2. The van der Waals surface area contributed by atoms with Crippen LogP contribution in [0.4, 0.5) is 5.69 Å². The lowest BCUT2D eigenvalue weighted by Gasteiger charge is -2.11. The Kier molecular flexibility index (Phi) is 5.62. The molecule has 4 heterocycles. The highest BCUT2D eigenvalue weighted by atomic mass is 16.5. The number of hydrogen-bond acceptors (Lipinski definition) is 7. The monoisotopic (exact) mass is 409 g/mol. The summed E-state index contributed by atoms with van der Waals surface area (Å²) in [5.74, 6) is 0.835. The first-order chi connectivity index (χ1) is 14.6. The Morgan fingerprint density at radius 1 is 1.17 bits per heavy atom. The number of rotatable bonds is 8. The van der Waals surface area contributed by atoms with Crippen LogP contribution in [0.1, 0.15) is 23.0 Å². The van der Waals surface area contributed by atoms with Gasteiger partial charge in [-0.15, -0.1) is 0 Å².